The number of H-pyrrole nitrogens is 1. The Hall–Kier alpha value is -1.03. The van der Waals surface area contributed by atoms with Gasteiger partial charge in [-0.3, -0.25) is 4.79 Å². The maximum Gasteiger partial charge on any atom is 0.266 e. The van der Waals surface area contributed by atoms with Crippen molar-refractivity contribution in [2.45, 2.75) is 0 Å². The average Bonchev–Trinajstić information content (AvgIpc) is 2.14. The van der Waals surface area contributed by atoms with E-state index in [9.17, 15) is 4.79 Å². The van der Waals surface area contributed by atoms with Crippen LogP contribution in [-0.2, 0) is 0 Å². The van der Waals surface area contributed by atoms with Crippen LogP contribution in [0.4, 0.5) is 0 Å². The van der Waals surface area contributed by atoms with E-state index in [-0.39, 0.29) is 11.0 Å². The molecule has 0 bridgehead atoms. The molecule has 0 unspecified atom stereocenters. The van der Waals surface area contributed by atoms with Gasteiger partial charge in [0.15, 0.2) is 0 Å². The van der Waals surface area contributed by atoms with Crippen molar-refractivity contribution in [3.63, 3.8) is 0 Å². The van der Waals surface area contributed by atoms with Crippen LogP contribution in [0, 0.1) is 0 Å². The van der Waals surface area contributed by atoms with Crippen molar-refractivity contribution >= 4 is 17.5 Å². The lowest BCUT2D eigenvalue weighted by molar-refractivity contribution is 0.0996. The second-order valence-electron chi connectivity index (χ2n) is 1.45. The smallest absolute Gasteiger partial charge is 0.266 e. The van der Waals surface area contributed by atoms with Crippen LogP contribution >= 0.6 is 11.6 Å². The highest BCUT2D eigenvalue weighted by molar-refractivity contribution is 6.28. The van der Waals surface area contributed by atoms with E-state index in [1.807, 2.05) is 0 Å². The van der Waals surface area contributed by atoms with Gasteiger partial charge in [0.05, 0.1) is 6.20 Å². The number of imidazole rings is 1. The molecule has 3 N–H and O–H groups in total. The SMILES string of the molecule is NC(=O)c1cnc(Cl)[nH]1. The first-order chi connectivity index (χ1) is 4.20. The van der Waals surface area contributed by atoms with E-state index < -0.39 is 5.91 Å². The van der Waals surface area contributed by atoms with Gasteiger partial charge in [0, 0.05) is 0 Å². The highest BCUT2D eigenvalue weighted by Crippen LogP contribution is 2.00. The number of primary amides is 1. The highest BCUT2D eigenvalue weighted by Gasteiger charge is 2.01. The van der Waals surface area contributed by atoms with E-state index >= 15 is 0 Å². The van der Waals surface area contributed by atoms with E-state index in [1.165, 1.54) is 6.20 Å². The molecule has 0 fully saturated rings. The predicted octanol–water partition coefficient (Wildman–Crippen LogP) is 0.162. The number of aromatic amines is 1. The van der Waals surface area contributed by atoms with Crippen LogP contribution in [-0.4, -0.2) is 15.9 Å². The largest absolute Gasteiger partial charge is 0.364 e. The van der Waals surface area contributed by atoms with Gasteiger partial charge < -0.3 is 10.7 Å². The fourth-order valence-electron chi connectivity index (χ4n) is 0.422. The molecule has 0 spiro atoms. The average molecular weight is 146 g/mol. The Morgan fingerprint density at radius 2 is 2.56 bits per heavy atom. The van der Waals surface area contributed by atoms with Gasteiger partial charge in [0.1, 0.15) is 5.69 Å². The Labute approximate surface area is 56.0 Å². The molecule has 0 aliphatic rings. The first-order valence-corrected chi connectivity index (χ1v) is 2.58. The zero-order valence-corrected chi connectivity index (χ0v) is 5.14. The van der Waals surface area contributed by atoms with E-state index in [0.29, 0.717) is 0 Å². The lowest BCUT2D eigenvalue weighted by Gasteiger charge is -1.81. The summed E-state index contributed by atoms with van der Waals surface area (Å²) in [6.07, 6.45) is 1.28. The minimum Gasteiger partial charge on any atom is -0.364 e. The second-order valence-corrected chi connectivity index (χ2v) is 1.81. The highest BCUT2D eigenvalue weighted by atomic mass is 35.5. The Bertz CT molecular complexity index is 231. The second kappa shape index (κ2) is 2.06. The number of halogens is 1. The first-order valence-electron chi connectivity index (χ1n) is 2.20. The quantitative estimate of drug-likeness (QED) is 0.591. The van der Waals surface area contributed by atoms with Crippen LogP contribution in [0.5, 0.6) is 0 Å². The summed E-state index contributed by atoms with van der Waals surface area (Å²) in [4.78, 5) is 16.3. The van der Waals surface area contributed by atoms with Crippen molar-refractivity contribution in [2.24, 2.45) is 5.73 Å². The van der Waals surface area contributed by atoms with E-state index in [4.69, 9.17) is 17.3 Å². The maximum absolute atomic E-state index is 10.3. The van der Waals surface area contributed by atoms with Gasteiger partial charge in [0.25, 0.3) is 5.91 Å². The molecule has 9 heavy (non-hydrogen) atoms. The molecule has 0 radical (unpaired) electrons. The van der Waals surface area contributed by atoms with Crippen molar-refractivity contribution < 1.29 is 4.79 Å². The number of amides is 1. The fourth-order valence-corrected chi connectivity index (χ4v) is 0.573. The molecule has 0 atom stereocenters. The van der Waals surface area contributed by atoms with Crippen molar-refractivity contribution in [3.8, 4) is 0 Å². The molecule has 0 saturated carbocycles. The molecule has 0 aromatic carbocycles. The summed E-state index contributed by atoms with van der Waals surface area (Å²) in [5.41, 5.74) is 5.08. The number of carbonyl (C=O) groups excluding carboxylic acids is 1. The molecule has 1 rings (SSSR count). The van der Waals surface area contributed by atoms with E-state index in [1.54, 1.807) is 0 Å². The molecule has 1 aromatic rings. The van der Waals surface area contributed by atoms with Crippen molar-refractivity contribution in [1.82, 2.24) is 9.97 Å². The van der Waals surface area contributed by atoms with Crippen LogP contribution in [0.3, 0.4) is 0 Å². The molecule has 1 aromatic heterocycles. The molecule has 0 saturated heterocycles. The number of nitrogens with two attached hydrogens (primary N) is 1. The molecule has 4 nitrogen and oxygen atoms in total. The van der Waals surface area contributed by atoms with Crippen molar-refractivity contribution in [2.75, 3.05) is 0 Å². The summed E-state index contributed by atoms with van der Waals surface area (Å²) in [7, 11) is 0. The van der Waals surface area contributed by atoms with Gasteiger partial charge in [-0.25, -0.2) is 4.98 Å². The maximum atomic E-state index is 10.3. The predicted molar refractivity (Wildman–Crippen MR) is 32.1 cm³/mol. The Morgan fingerprint density at radius 3 is 2.78 bits per heavy atom. The molecule has 1 amide bonds. The number of rotatable bonds is 1. The molecule has 1 heterocycles. The van der Waals surface area contributed by atoms with Crippen LogP contribution < -0.4 is 5.73 Å². The zero-order chi connectivity index (χ0) is 6.85. The normalized spacial score (nSPS) is 9.44. The fraction of sp³-hybridized carbons (Fsp3) is 0. The van der Waals surface area contributed by atoms with Crippen LogP contribution in [0.2, 0.25) is 5.28 Å². The number of carbonyl (C=O) groups is 1. The molecule has 48 valence electrons. The molecule has 0 aliphatic carbocycles. The van der Waals surface area contributed by atoms with Crippen molar-refractivity contribution in [1.29, 1.82) is 0 Å². The third kappa shape index (κ3) is 1.20. The van der Waals surface area contributed by atoms with Crippen LogP contribution in [0.15, 0.2) is 6.20 Å². The van der Waals surface area contributed by atoms with Gasteiger partial charge in [-0.15, -0.1) is 0 Å². The third-order valence-electron chi connectivity index (χ3n) is 0.810. The standard InChI is InChI=1S/C4H4ClN3O/c5-4-7-1-2(8-4)3(6)9/h1H,(H2,6,9)(H,7,8). The summed E-state index contributed by atoms with van der Waals surface area (Å²) in [6, 6.07) is 0. The lowest BCUT2D eigenvalue weighted by Crippen LogP contribution is -2.10. The van der Waals surface area contributed by atoms with Gasteiger partial charge in [0.2, 0.25) is 5.28 Å². The molecule has 0 aliphatic heterocycles. The summed E-state index contributed by atoms with van der Waals surface area (Å²) in [5.74, 6) is -0.561. The summed E-state index contributed by atoms with van der Waals surface area (Å²) in [5, 5.41) is 0.170. The lowest BCUT2D eigenvalue weighted by atomic mass is 10.5. The van der Waals surface area contributed by atoms with Crippen molar-refractivity contribution in [3.05, 3.63) is 17.2 Å². The molecular formula is C4H4ClN3O. The van der Waals surface area contributed by atoms with Gasteiger partial charge in [-0.2, -0.15) is 0 Å². The number of nitrogens with zero attached hydrogens (tertiary/aromatic N) is 1. The third-order valence-corrected chi connectivity index (χ3v) is 1.00. The number of hydrogen-bond acceptors (Lipinski definition) is 2. The topological polar surface area (TPSA) is 71.8 Å². The number of nitrogens with one attached hydrogen (secondary N) is 1. The van der Waals surface area contributed by atoms with E-state index in [2.05, 4.69) is 9.97 Å². The van der Waals surface area contributed by atoms with E-state index in [0.717, 1.165) is 0 Å². The summed E-state index contributed by atoms with van der Waals surface area (Å²) < 4.78 is 0. The van der Waals surface area contributed by atoms with Crippen LogP contribution in [0.25, 0.3) is 0 Å². The van der Waals surface area contributed by atoms with Gasteiger partial charge in [-0.05, 0) is 11.6 Å². The monoisotopic (exact) mass is 145 g/mol. The Balaban J connectivity index is 2.98. The number of aromatic nitrogens is 2. The molecular weight excluding hydrogens is 142 g/mol. The van der Waals surface area contributed by atoms with Crippen LogP contribution in [0.1, 0.15) is 10.5 Å². The first kappa shape index (κ1) is 6.10. The van der Waals surface area contributed by atoms with Gasteiger partial charge >= 0.3 is 0 Å². The Morgan fingerprint density at radius 1 is 1.89 bits per heavy atom. The molecule has 5 heteroatoms. The Kier molecular flexibility index (Phi) is 1.40. The summed E-state index contributed by atoms with van der Waals surface area (Å²) >= 11 is 5.33. The minimum atomic E-state index is -0.561. The minimum absolute atomic E-state index is 0.170. The number of hydrogen-bond donors (Lipinski definition) is 2. The summed E-state index contributed by atoms with van der Waals surface area (Å²) in [6.45, 7) is 0. The van der Waals surface area contributed by atoms with Gasteiger partial charge in [-0.1, -0.05) is 0 Å². The zero-order valence-electron chi connectivity index (χ0n) is 4.39.